The molecule has 3 N–H and O–H groups in total. The largest absolute Gasteiger partial charge is 0.495 e. The third kappa shape index (κ3) is 6.57. The standard InChI is InChI=1S/C21H23N5O5S/c1-31-19-7-6-17(13-18(19)25-32(2,29)30)24-21(28)15-4-3-5-16(12-15)23-20(27)8-10-26-11-9-22-14-26/h3-7,9,11-14,25H,8,10H2,1-2H3,(H,23,27)(H,24,28). The highest BCUT2D eigenvalue weighted by Crippen LogP contribution is 2.29. The van der Waals surface area contributed by atoms with Crippen LogP contribution < -0.4 is 20.1 Å². The van der Waals surface area contributed by atoms with Crippen LogP contribution in [-0.2, 0) is 21.4 Å². The van der Waals surface area contributed by atoms with Gasteiger partial charge in [0.05, 0.1) is 25.4 Å². The Labute approximate surface area is 185 Å². The molecule has 168 valence electrons. The summed E-state index contributed by atoms with van der Waals surface area (Å²) in [5.74, 6) is -0.299. The topological polar surface area (TPSA) is 131 Å². The Bertz CT molecular complexity index is 1210. The molecule has 0 radical (unpaired) electrons. The number of sulfonamides is 1. The second kappa shape index (κ2) is 9.96. The first-order valence-corrected chi connectivity index (χ1v) is 11.5. The van der Waals surface area contributed by atoms with Crippen LogP contribution in [0.15, 0.2) is 61.2 Å². The molecule has 0 aliphatic carbocycles. The molecule has 0 spiro atoms. The van der Waals surface area contributed by atoms with Crippen molar-refractivity contribution in [2.75, 3.05) is 28.7 Å². The number of aromatic nitrogens is 2. The summed E-state index contributed by atoms with van der Waals surface area (Å²) in [5, 5.41) is 5.48. The second-order valence-electron chi connectivity index (χ2n) is 6.92. The van der Waals surface area contributed by atoms with Gasteiger partial charge < -0.3 is 19.9 Å². The highest BCUT2D eigenvalue weighted by molar-refractivity contribution is 7.92. The fourth-order valence-corrected chi connectivity index (χ4v) is 3.44. The van der Waals surface area contributed by atoms with Gasteiger partial charge in [-0.15, -0.1) is 0 Å². The van der Waals surface area contributed by atoms with Crippen LogP contribution in [0.4, 0.5) is 17.1 Å². The molecule has 0 unspecified atom stereocenters. The summed E-state index contributed by atoms with van der Waals surface area (Å²) in [6.07, 6.45) is 6.33. The number of rotatable bonds is 9. The van der Waals surface area contributed by atoms with Crippen LogP contribution in [0.1, 0.15) is 16.8 Å². The molecule has 1 heterocycles. The van der Waals surface area contributed by atoms with Gasteiger partial charge >= 0.3 is 0 Å². The van der Waals surface area contributed by atoms with E-state index in [4.69, 9.17) is 4.74 Å². The molecular weight excluding hydrogens is 434 g/mol. The van der Waals surface area contributed by atoms with E-state index in [1.54, 1.807) is 59.7 Å². The Morgan fingerprint density at radius 1 is 1.09 bits per heavy atom. The minimum absolute atomic E-state index is 0.192. The van der Waals surface area contributed by atoms with Gasteiger partial charge in [0.1, 0.15) is 5.75 Å². The Morgan fingerprint density at radius 3 is 2.56 bits per heavy atom. The zero-order valence-electron chi connectivity index (χ0n) is 17.5. The van der Waals surface area contributed by atoms with Gasteiger partial charge in [0, 0.05) is 42.3 Å². The lowest BCUT2D eigenvalue weighted by molar-refractivity contribution is -0.116. The molecule has 1 aromatic heterocycles. The highest BCUT2D eigenvalue weighted by Gasteiger charge is 2.13. The number of anilines is 3. The van der Waals surface area contributed by atoms with Crippen molar-refractivity contribution < 1.29 is 22.7 Å². The van der Waals surface area contributed by atoms with Gasteiger partial charge in [-0.05, 0) is 36.4 Å². The van der Waals surface area contributed by atoms with Gasteiger partial charge in [-0.3, -0.25) is 14.3 Å². The Balaban J connectivity index is 1.66. The fraction of sp³-hybridized carbons (Fsp3) is 0.190. The second-order valence-corrected chi connectivity index (χ2v) is 8.67. The lowest BCUT2D eigenvalue weighted by Crippen LogP contribution is -2.16. The number of carbonyl (C=O) groups is 2. The van der Waals surface area contributed by atoms with Crippen molar-refractivity contribution in [3.8, 4) is 5.75 Å². The third-order valence-corrected chi connectivity index (χ3v) is 4.91. The summed E-state index contributed by atoms with van der Waals surface area (Å²) in [5.41, 5.74) is 1.39. The zero-order chi connectivity index (χ0) is 23.1. The van der Waals surface area contributed by atoms with E-state index in [-0.39, 0.29) is 18.0 Å². The third-order valence-electron chi connectivity index (χ3n) is 4.32. The summed E-state index contributed by atoms with van der Waals surface area (Å²) >= 11 is 0. The predicted molar refractivity (Wildman–Crippen MR) is 121 cm³/mol. The van der Waals surface area contributed by atoms with E-state index in [9.17, 15) is 18.0 Å². The van der Waals surface area contributed by atoms with Gasteiger partial charge in [-0.1, -0.05) is 6.07 Å². The highest BCUT2D eigenvalue weighted by atomic mass is 32.2. The van der Waals surface area contributed by atoms with Crippen LogP contribution in [0.25, 0.3) is 0 Å². The maximum absolute atomic E-state index is 12.7. The van der Waals surface area contributed by atoms with Crippen molar-refractivity contribution in [2.45, 2.75) is 13.0 Å². The van der Waals surface area contributed by atoms with Crippen LogP contribution in [0.3, 0.4) is 0 Å². The molecule has 2 aromatic carbocycles. The number of carbonyl (C=O) groups excluding carboxylic acids is 2. The first kappa shape index (κ1) is 22.8. The summed E-state index contributed by atoms with van der Waals surface area (Å²) in [7, 11) is -2.12. The van der Waals surface area contributed by atoms with Crippen molar-refractivity contribution in [2.24, 2.45) is 0 Å². The maximum atomic E-state index is 12.7. The first-order chi connectivity index (χ1) is 15.2. The number of amides is 2. The molecule has 0 bridgehead atoms. The van der Waals surface area contributed by atoms with E-state index in [2.05, 4.69) is 20.3 Å². The number of methoxy groups -OCH3 is 1. The van der Waals surface area contributed by atoms with Crippen LogP contribution in [-0.4, -0.2) is 43.1 Å². The molecule has 3 aromatic rings. The van der Waals surface area contributed by atoms with E-state index in [1.807, 2.05) is 0 Å². The zero-order valence-corrected chi connectivity index (χ0v) is 18.3. The average molecular weight is 458 g/mol. The van der Waals surface area contributed by atoms with Crippen molar-refractivity contribution in [3.63, 3.8) is 0 Å². The lowest BCUT2D eigenvalue weighted by atomic mass is 10.1. The molecule has 32 heavy (non-hydrogen) atoms. The number of imidazole rings is 1. The Kier molecular flexibility index (Phi) is 7.11. The molecule has 0 saturated heterocycles. The van der Waals surface area contributed by atoms with Crippen LogP contribution in [0, 0.1) is 0 Å². The van der Waals surface area contributed by atoms with Crippen molar-refractivity contribution in [1.82, 2.24) is 9.55 Å². The average Bonchev–Trinajstić information content (AvgIpc) is 3.25. The number of hydrogen-bond donors (Lipinski definition) is 3. The van der Waals surface area contributed by atoms with Gasteiger partial charge in [-0.25, -0.2) is 13.4 Å². The minimum Gasteiger partial charge on any atom is -0.495 e. The first-order valence-electron chi connectivity index (χ1n) is 9.56. The normalized spacial score (nSPS) is 10.9. The summed E-state index contributed by atoms with van der Waals surface area (Å²) in [4.78, 5) is 28.8. The molecular formula is C21H23N5O5S. The van der Waals surface area contributed by atoms with Gasteiger partial charge in [0.25, 0.3) is 5.91 Å². The number of aryl methyl sites for hydroxylation is 1. The number of nitrogens with one attached hydrogen (secondary N) is 3. The number of nitrogens with zero attached hydrogens (tertiary/aromatic N) is 2. The van der Waals surface area contributed by atoms with E-state index < -0.39 is 15.9 Å². The summed E-state index contributed by atoms with van der Waals surface area (Å²) in [6, 6.07) is 11.1. The number of ether oxygens (including phenoxy) is 1. The molecule has 10 nitrogen and oxygen atoms in total. The monoisotopic (exact) mass is 457 g/mol. The SMILES string of the molecule is COc1ccc(NC(=O)c2cccc(NC(=O)CCn3ccnc3)c2)cc1NS(C)(=O)=O. The van der Waals surface area contributed by atoms with Crippen molar-refractivity contribution in [3.05, 3.63) is 66.7 Å². The van der Waals surface area contributed by atoms with E-state index in [0.29, 0.717) is 29.2 Å². The molecule has 0 aliphatic rings. The van der Waals surface area contributed by atoms with E-state index in [1.165, 1.54) is 13.2 Å². The van der Waals surface area contributed by atoms with Crippen molar-refractivity contribution in [1.29, 1.82) is 0 Å². The van der Waals surface area contributed by atoms with Crippen LogP contribution in [0.5, 0.6) is 5.75 Å². The summed E-state index contributed by atoms with van der Waals surface area (Å²) in [6.45, 7) is 0.493. The summed E-state index contributed by atoms with van der Waals surface area (Å²) < 4.78 is 32.4. The Morgan fingerprint density at radius 2 is 1.88 bits per heavy atom. The Hall–Kier alpha value is -3.86. The van der Waals surface area contributed by atoms with Crippen LogP contribution >= 0.6 is 0 Å². The van der Waals surface area contributed by atoms with E-state index >= 15 is 0 Å². The number of benzene rings is 2. The van der Waals surface area contributed by atoms with Gasteiger partial charge in [0.15, 0.2) is 0 Å². The molecule has 0 saturated carbocycles. The lowest BCUT2D eigenvalue weighted by Gasteiger charge is -2.13. The van der Waals surface area contributed by atoms with Crippen molar-refractivity contribution >= 4 is 38.9 Å². The molecule has 0 aliphatic heterocycles. The quantitative estimate of drug-likeness (QED) is 0.453. The smallest absolute Gasteiger partial charge is 0.255 e. The number of hydrogen-bond acceptors (Lipinski definition) is 6. The fourth-order valence-electron chi connectivity index (χ4n) is 2.88. The van der Waals surface area contributed by atoms with Gasteiger partial charge in [-0.2, -0.15) is 0 Å². The van der Waals surface area contributed by atoms with E-state index in [0.717, 1.165) is 6.26 Å². The molecule has 2 amide bonds. The minimum atomic E-state index is -3.53. The molecule has 11 heteroatoms. The van der Waals surface area contributed by atoms with Gasteiger partial charge in [0.2, 0.25) is 15.9 Å². The van der Waals surface area contributed by atoms with Crippen LogP contribution in [0.2, 0.25) is 0 Å². The molecule has 3 rings (SSSR count). The predicted octanol–water partition coefficient (Wildman–Crippen LogP) is 2.54. The maximum Gasteiger partial charge on any atom is 0.255 e. The molecule has 0 atom stereocenters. The molecule has 0 fully saturated rings.